The molecule has 5 nitrogen and oxygen atoms in total. The van der Waals surface area contributed by atoms with Crippen LogP contribution < -0.4 is 4.74 Å². The molecule has 0 saturated carbocycles. The molecule has 152 valence electrons. The van der Waals surface area contributed by atoms with Crippen LogP contribution in [0.25, 0.3) is 0 Å². The van der Waals surface area contributed by atoms with Crippen molar-refractivity contribution in [3.05, 3.63) is 46.6 Å². The van der Waals surface area contributed by atoms with E-state index >= 15 is 0 Å². The molecule has 9 heteroatoms. The van der Waals surface area contributed by atoms with Crippen LogP contribution in [-0.2, 0) is 15.2 Å². The van der Waals surface area contributed by atoms with Gasteiger partial charge in [-0.2, -0.15) is 4.98 Å². The minimum Gasteiger partial charge on any atom is -0.469 e. The van der Waals surface area contributed by atoms with Crippen LogP contribution in [0.3, 0.4) is 0 Å². The highest BCUT2D eigenvalue weighted by Gasteiger charge is 2.43. The van der Waals surface area contributed by atoms with Crippen LogP contribution in [0.15, 0.2) is 29.4 Å². The van der Waals surface area contributed by atoms with E-state index in [1.165, 1.54) is 18.2 Å². The first-order chi connectivity index (χ1) is 13.1. The third kappa shape index (κ3) is 5.11. The monoisotopic (exact) mass is 430 g/mol. The quantitative estimate of drug-likeness (QED) is 0.365. The molecule has 1 aromatic carbocycles. The van der Waals surface area contributed by atoms with Crippen molar-refractivity contribution in [2.75, 3.05) is 6.61 Å². The van der Waals surface area contributed by atoms with Gasteiger partial charge in [-0.3, -0.25) is 0 Å². The fourth-order valence-corrected chi connectivity index (χ4v) is 3.71. The second-order valence-electron chi connectivity index (χ2n) is 7.34. The predicted molar refractivity (Wildman–Crippen MR) is 103 cm³/mol. The summed E-state index contributed by atoms with van der Waals surface area (Å²) in [5.74, 6) is -2.03. The highest BCUT2D eigenvalue weighted by molar-refractivity contribution is 7.98. The summed E-state index contributed by atoms with van der Waals surface area (Å²) in [5, 5.41) is 0.484. The summed E-state index contributed by atoms with van der Waals surface area (Å²) >= 11 is 7.22. The molecule has 2 heterocycles. The zero-order chi connectivity index (χ0) is 20.5. The van der Waals surface area contributed by atoms with Gasteiger partial charge in [-0.25, -0.2) is 13.8 Å². The summed E-state index contributed by atoms with van der Waals surface area (Å²) in [6.45, 7) is 7.80. The van der Waals surface area contributed by atoms with Crippen LogP contribution in [0.4, 0.5) is 8.78 Å². The van der Waals surface area contributed by atoms with Crippen molar-refractivity contribution in [1.29, 1.82) is 0 Å². The number of halogens is 3. The standard InChI is InChI=1S/C19H21ClF2N2O3S/c1-18(2,13-9-25-19(3,4)26-13)27-15-8-14(20)23-17(24-15)28-10-11-6-5-7-12(21)16(11)22/h5-8,13H,9-10H2,1-4H3. The second kappa shape index (κ2) is 8.10. The molecule has 1 aliphatic heterocycles. The number of thioether (sulfide) groups is 1. The molecule has 0 bridgehead atoms. The van der Waals surface area contributed by atoms with Gasteiger partial charge in [-0.15, -0.1) is 0 Å². The third-order valence-corrected chi connectivity index (χ3v) is 5.28. The minimum absolute atomic E-state index is 0.153. The van der Waals surface area contributed by atoms with E-state index in [4.69, 9.17) is 25.8 Å². The van der Waals surface area contributed by atoms with Gasteiger partial charge in [0.1, 0.15) is 16.9 Å². The minimum atomic E-state index is -0.891. The van der Waals surface area contributed by atoms with Crippen molar-refractivity contribution in [3.63, 3.8) is 0 Å². The maximum atomic E-state index is 13.8. The Morgan fingerprint density at radius 2 is 2.07 bits per heavy atom. The summed E-state index contributed by atoms with van der Waals surface area (Å²) < 4.78 is 44.6. The molecule has 1 aromatic heterocycles. The van der Waals surface area contributed by atoms with Crippen LogP contribution in [0.5, 0.6) is 5.88 Å². The lowest BCUT2D eigenvalue weighted by Crippen LogP contribution is -2.44. The van der Waals surface area contributed by atoms with E-state index in [0.717, 1.165) is 17.8 Å². The van der Waals surface area contributed by atoms with Gasteiger partial charge in [0.15, 0.2) is 22.6 Å². The maximum Gasteiger partial charge on any atom is 0.219 e. The summed E-state index contributed by atoms with van der Waals surface area (Å²) in [6.07, 6.45) is -0.297. The van der Waals surface area contributed by atoms with Crippen LogP contribution in [-0.4, -0.2) is 34.1 Å². The van der Waals surface area contributed by atoms with E-state index in [2.05, 4.69) is 9.97 Å². The first kappa shape index (κ1) is 21.2. The average Bonchev–Trinajstić information content (AvgIpc) is 2.96. The predicted octanol–water partition coefficient (Wildman–Crippen LogP) is 5.01. The Hall–Kier alpha value is -1.48. The molecule has 2 aromatic rings. The highest BCUT2D eigenvalue weighted by atomic mass is 35.5. The van der Waals surface area contributed by atoms with Crippen molar-refractivity contribution in [3.8, 4) is 5.88 Å². The summed E-state index contributed by atoms with van der Waals surface area (Å²) in [6, 6.07) is 5.53. The van der Waals surface area contributed by atoms with Gasteiger partial charge < -0.3 is 14.2 Å². The molecule has 3 rings (SSSR count). The number of benzene rings is 1. The van der Waals surface area contributed by atoms with E-state index < -0.39 is 23.0 Å². The number of hydrogen-bond donors (Lipinski definition) is 0. The fraction of sp³-hybridized carbons (Fsp3) is 0.474. The van der Waals surface area contributed by atoms with Gasteiger partial charge in [0.25, 0.3) is 0 Å². The van der Waals surface area contributed by atoms with Gasteiger partial charge in [-0.05, 0) is 33.8 Å². The van der Waals surface area contributed by atoms with E-state index in [9.17, 15) is 8.78 Å². The Morgan fingerprint density at radius 1 is 1.32 bits per heavy atom. The van der Waals surface area contributed by atoms with Gasteiger partial charge in [-0.1, -0.05) is 35.5 Å². The smallest absolute Gasteiger partial charge is 0.219 e. The van der Waals surface area contributed by atoms with Crippen molar-refractivity contribution in [1.82, 2.24) is 9.97 Å². The highest BCUT2D eigenvalue weighted by Crippen LogP contribution is 2.33. The van der Waals surface area contributed by atoms with Crippen molar-refractivity contribution < 1.29 is 23.0 Å². The van der Waals surface area contributed by atoms with E-state index in [-0.39, 0.29) is 28.5 Å². The summed E-state index contributed by atoms with van der Waals surface area (Å²) in [7, 11) is 0. The van der Waals surface area contributed by atoms with E-state index in [1.54, 1.807) is 0 Å². The van der Waals surface area contributed by atoms with Gasteiger partial charge >= 0.3 is 0 Å². The first-order valence-corrected chi connectivity index (χ1v) is 10.0. The van der Waals surface area contributed by atoms with Gasteiger partial charge in [0.2, 0.25) is 5.88 Å². The lowest BCUT2D eigenvalue weighted by molar-refractivity contribution is -0.159. The molecule has 1 unspecified atom stereocenters. The summed E-state index contributed by atoms with van der Waals surface area (Å²) in [5.41, 5.74) is -0.516. The van der Waals surface area contributed by atoms with E-state index in [1.807, 2.05) is 27.7 Å². The Morgan fingerprint density at radius 3 is 2.75 bits per heavy atom. The SMILES string of the molecule is CC1(C)OCC(C(C)(C)Oc2cc(Cl)nc(SCc3cccc(F)c3F)n2)O1. The molecule has 0 aliphatic carbocycles. The number of rotatable bonds is 6. The van der Waals surface area contributed by atoms with Crippen LogP contribution in [0, 0.1) is 11.6 Å². The third-order valence-electron chi connectivity index (χ3n) is 4.19. The maximum absolute atomic E-state index is 13.8. The Balaban J connectivity index is 1.71. The lowest BCUT2D eigenvalue weighted by atomic mass is 10.0. The van der Waals surface area contributed by atoms with Crippen molar-refractivity contribution in [2.45, 2.75) is 56.1 Å². The lowest BCUT2D eigenvalue weighted by Gasteiger charge is -2.31. The molecular formula is C19H21ClF2N2O3S. The summed E-state index contributed by atoms with van der Waals surface area (Å²) in [4.78, 5) is 8.44. The second-order valence-corrected chi connectivity index (χ2v) is 8.67. The largest absolute Gasteiger partial charge is 0.469 e. The number of ether oxygens (including phenoxy) is 3. The Bertz CT molecular complexity index is 867. The molecule has 1 aliphatic rings. The van der Waals surface area contributed by atoms with Crippen molar-refractivity contribution >= 4 is 23.4 Å². The Kier molecular flexibility index (Phi) is 6.14. The zero-order valence-electron chi connectivity index (χ0n) is 16.0. The number of hydrogen-bond acceptors (Lipinski definition) is 6. The topological polar surface area (TPSA) is 53.5 Å². The van der Waals surface area contributed by atoms with E-state index in [0.29, 0.717) is 11.8 Å². The molecule has 0 spiro atoms. The Labute approximate surface area is 171 Å². The molecular weight excluding hydrogens is 410 g/mol. The normalized spacial score (nSPS) is 19.0. The number of nitrogens with zero attached hydrogens (tertiary/aromatic N) is 2. The van der Waals surface area contributed by atoms with Crippen molar-refractivity contribution in [2.24, 2.45) is 0 Å². The molecule has 1 atom stereocenters. The first-order valence-electron chi connectivity index (χ1n) is 8.67. The average molecular weight is 431 g/mol. The molecule has 0 N–H and O–H groups in total. The zero-order valence-corrected chi connectivity index (χ0v) is 17.5. The molecule has 28 heavy (non-hydrogen) atoms. The van der Waals surface area contributed by atoms with Crippen LogP contribution in [0.2, 0.25) is 5.15 Å². The molecule has 0 amide bonds. The van der Waals surface area contributed by atoms with Gasteiger partial charge in [0, 0.05) is 17.4 Å². The molecule has 1 fully saturated rings. The fourth-order valence-electron chi connectivity index (χ4n) is 2.66. The number of aromatic nitrogens is 2. The molecule has 1 saturated heterocycles. The van der Waals surface area contributed by atoms with Gasteiger partial charge in [0.05, 0.1) is 6.61 Å². The molecule has 0 radical (unpaired) electrons. The van der Waals surface area contributed by atoms with Crippen LogP contribution in [0.1, 0.15) is 33.3 Å². The van der Waals surface area contributed by atoms with Crippen LogP contribution >= 0.6 is 23.4 Å².